The molecule has 0 bridgehead atoms. The van der Waals surface area contributed by atoms with Gasteiger partial charge in [-0.25, -0.2) is 8.42 Å². The number of ether oxygens (including phenoxy) is 1. The summed E-state index contributed by atoms with van der Waals surface area (Å²) in [7, 11) is -3.54. The fourth-order valence-corrected chi connectivity index (χ4v) is 5.37. The lowest BCUT2D eigenvalue weighted by atomic mass is 10.1. The molecule has 2 aromatic carbocycles. The summed E-state index contributed by atoms with van der Waals surface area (Å²) in [6, 6.07) is 10.8. The molecule has 9 heteroatoms. The maximum Gasteiger partial charge on any atom is 0.262 e. The van der Waals surface area contributed by atoms with Crippen LogP contribution < -0.4 is 10.1 Å². The second-order valence-electron chi connectivity index (χ2n) is 6.90. The van der Waals surface area contributed by atoms with E-state index in [1.807, 2.05) is 6.92 Å². The van der Waals surface area contributed by atoms with Crippen molar-refractivity contribution in [1.82, 2.24) is 4.31 Å². The van der Waals surface area contributed by atoms with Crippen LogP contribution in [0.4, 0.5) is 5.69 Å². The molecule has 6 nitrogen and oxygen atoms in total. The van der Waals surface area contributed by atoms with Gasteiger partial charge in [-0.3, -0.25) is 4.79 Å². The van der Waals surface area contributed by atoms with Gasteiger partial charge in [0.2, 0.25) is 10.0 Å². The first kappa shape index (κ1) is 21.9. The van der Waals surface area contributed by atoms with E-state index in [9.17, 15) is 13.2 Å². The van der Waals surface area contributed by atoms with Crippen LogP contribution in [-0.2, 0) is 14.8 Å². The Bertz CT molecular complexity index is 980. The van der Waals surface area contributed by atoms with Crippen LogP contribution in [0.25, 0.3) is 0 Å². The molecule has 3 rings (SSSR count). The van der Waals surface area contributed by atoms with Gasteiger partial charge in [-0.2, -0.15) is 4.31 Å². The van der Waals surface area contributed by atoms with Crippen molar-refractivity contribution in [2.75, 3.05) is 18.5 Å². The molecule has 0 aliphatic carbocycles. The van der Waals surface area contributed by atoms with Gasteiger partial charge in [0.1, 0.15) is 5.75 Å². The van der Waals surface area contributed by atoms with Gasteiger partial charge in [-0.05, 0) is 62.2 Å². The van der Waals surface area contributed by atoms with Gasteiger partial charge in [0, 0.05) is 23.3 Å². The van der Waals surface area contributed by atoms with E-state index in [0.717, 1.165) is 19.3 Å². The third-order valence-corrected chi connectivity index (χ3v) is 7.30. The zero-order valence-electron chi connectivity index (χ0n) is 15.9. The fourth-order valence-electron chi connectivity index (χ4n) is 3.21. The average molecular weight is 457 g/mol. The van der Waals surface area contributed by atoms with Gasteiger partial charge in [0.15, 0.2) is 6.61 Å². The predicted octanol–water partition coefficient (Wildman–Crippen LogP) is 4.57. The van der Waals surface area contributed by atoms with Crippen molar-refractivity contribution >= 4 is 44.8 Å². The summed E-state index contributed by atoms with van der Waals surface area (Å²) in [4.78, 5) is 12.3. The Morgan fingerprint density at radius 2 is 1.90 bits per heavy atom. The van der Waals surface area contributed by atoms with Crippen LogP contribution >= 0.6 is 23.2 Å². The van der Waals surface area contributed by atoms with Gasteiger partial charge in [-0.15, -0.1) is 0 Å². The first-order valence-corrected chi connectivity index (χ1v) is 11.5. The van der Waals surface area contributed by atoms with Crippen molar-refractivity contribution in [3.05, 3.63) is 52.5 Å². The SMILES string of the molecule is C[C@@H]1CCCCN1S(=O)(=O)c1ccc(NC(=O)COc2ccc(Cl)cc2Cl)cc1. The molecular formula is C20H22Cl2N2O4S. The number of nitrogens with zero attached hydrogens (tertiary/aromatic N) is 1. The van der Waals surface area contributed by atoms with Gasteiger partial charge in [0.05, 0.1) is 9.92 Å². The lowest BCUT2D eigenvalue weighted by molar-refractivity contribution is -0.118. The number of carbonyl (C=O) groups is 1. The Labute approximate surface area is 180 Å². The molecule has 0 aromatic heterocycles. The number of halogens is 2. The summed E-state index contributed by atoms with van der Waals surface area (Å²) in [6.45, 7) is 2.22. The van der Waals surface area contributed by atoms with Gasteiger partial charge in [0.25, 0.3) is 5.91 Å². The molecule has 29 heavy (non-hydrogen) atoms. The van der Waals surface area contributed by atoms with Crippen LogP contribution in [0.15, 0.2) is 47.4 Å². The lowest BCUT2D eigenvalue weighted by Crippen LogP contribution is -2.41. The van der Waals surface area contributed by atoms with Crippen molar-refractivity contribution in [2.24, 2.45) is 0 Å². The maximum absolute atomic E-state index is 12.8. The van der Waals surface area contributed by atoms with Gasteiger partial charge in [-0.1, -0.05) is 29.6 Å². The minimum Gasteiger partial charge on any atom is -0.482 e. The van der Waals surface area contributed by atoms with Crippen molar-refractivity contribution in [3.63, 3.8) is 0 Å². The molecule has 1 atom stereocenters. The fraction of sp³-hybridized carbons (Fsp3) is 0.350. The average Bonchev–Trinajstić information content (AvgIpc) is 2.68. The summed E-state index contributed by atoms with van der Waals surface area (Å²) in [5.74, 6) is -0.0421. The molecule has 0 radical (unpaired) electrons. The lowest BCUT2D eigenvalue weighted by Gasteiger charge is -2.32. The van der Waals surface area contributed by atoms with E-state index in [2.05, 4.69) is 5.32 Å². The minimum atomic E-state index is -3.54. The number of sulfonamides is 1. The zero-order valence-corrected chi connectivity index (χ0v) is 18.2. The van der Waals surface area contributed by atoms with Crippen LogP contribution in [0, 0.1) is 0 Å². The number of hydrogen-bond acceptors (Lipinski definition) is 4. The number of benzene rings is 2. The third-order valence-electron chi connectivity index (χ3n) is 4.74. The van der Waals surface area contributed by atoms with Crippen LogP contribution in [0.1, 0.15) is 26.2 Å². The number of rotatable bonds is 6. The largest absolute Gasteiger partial charge is 0.482 e. The van der Waals surface area contributed by atoms with Crippen molar-refractivity contribution in [2.45, 2.75) is 37.1 Å². The van der Waals surface area contributed by atoms with E-state index in [4.69, 9.17) is 27.9 Å². The summed E-state index contributed by atoms with van der Waals surface area (Å²) < 4.78 is 32.6. The molecular weight excluding hydrogens is 435 g/mol. The number of carbonyl (C=O) groups excluding carboxylic acids is 1. The molecule has 1 heterocycles. The van der Waals surface area contributed by atoms with Crippen LogP contribution in [0.5, 0.6) is 5.75 Å². The Morgan fingerprint density at radius 3 is 2.55 bits per heavy atom. The van der Waals surface area contributed by atoms with E-state index in [1.54, 1.807) is 28.6 Å². The Kier molecular flexibility index (Phi) is 7.05. The summed E-state index contributed by atoms with van der Waals surface area (Å²) in [5.41, 5.74) is 0.478. The minimum absolute atomic E-state index is 0.00929. The second-order valence-corrected chi connectivity index (χ2v) is 9.63. The zero-order chi connectivity index (χ0) is 21.0. The number of nitrogens with one attached hydrogen (secondary N) is 1. The van der Waals surface area contributed by atoms with Gasteiger partial charge < -0.3 is 10.1 Å². The topological polar surface area (TPSA) is 75.7 Å². The monoisotopic (exact) mass is 456 g/mol. The van der Waals surface area contributed by atoms with E-state index >= 15 is 0 Å². The highest BCUT2D eigenvalue weighted by Crippen LogP contribution is 2.28. The van der Waals surface area contributed by atoms with Crippen LogP contribution in [-0.4, -0.2) is 37.8 Å². The van der Waals surface area contributed by atoms with Crippen molar-refractivity contribution in [1.29, 1.82) is 0 Å². The molecule has 2 aromatic rings. The molecule has 1 saturated heterocycles. The number of hydrogen-bond donors (Lipinski definition) is 1. The molecule has 0 spiro atoms. The molecule has 156 valence electrons. The smallest absolute Gasteiger partial charge is 0.262 e. The predicted molar refractivity (Wildman–Crippen MR) is 114 cm³/mol. The molecule has 0 unspecified atom stereocenters. The van der Waals surface area contributed by atoms with Crippen molar-refractivity contribution < 1.29 is 17.9 Å². The summed E-state index contributed by atoms with van der Waals surface area (Å²) in [5, 5.41) is 3.45. The molecule has 1 amide bonds. The molecule has 1 aliphatic heterocycles. The Morgan fingerprint density at radius 1 is 1.17 bits per heavy atom. The standard InChI is InChI=1S/C20H22Cl2N2O4S/c1-14-4-2-3-11-24(14)29(26,27)17-8-6-16(7-9-17)23-20(25)13-28-19-10-5-15(21)12-18(19)22/h5-10,12,14H,2-4,11,13H2,1H3,(H,23,25)/t14-/m1/s1. The maximum atomic E-state index is 12.8. The highest BCUT2D eigenvalue weighted by molar-refractivity contribution is 7.89. The van der Waals surface area contributed by atoms with Gasteiger partial charge >= 0.3 is 0 Å². The first-order chi connectivity index (χ1) is 13.8. The normalized spacial score (nSPS) is 17.7. The van der Waals surface area contributed by atoms with E-state index in [1.165, 1.54) is 18.2 Å². The first-order valence-electron chi connectivity index (χ1n) is 9.27. The number of anilines is 1. The quantitative estimate of drug-likeness (QED) is 0.690. The summed E-state index contributed by atoms with van der Waals surface area (Å²) >= 11 is 11.8. The second kappa shape index (κ2) is 9.34. The van der Waals surface area contributed by atoms with E-state index in [0.29, 0.717) is 28.0 Å². The summed E-state index contributed by atoms with van der Waals surface area (Å²) in [6.07, 6.45) is 2.78. The number of amides is 1. The number of piperidine rings is 1. The van der Waals surface area contributed by atoms with E-state index < -0.39 is 15.9 Å². The van der Waals surface area contributed by atoms with Crippen molar-refractivity contribution in [3.8, 4) is 5.75 Å². The Hall–Kier alpha value is -1.80. The highest BCUT2D eigenvalue weighted by atomic mass is 35.5. The molecule has 1 aliphatic rings. The molecule has 1 N–H and O–H groups in total. The molecule has 1 fully saturated rings. The Balaban J connectivity index is 1.60. The van der Waals surface area contributed by atoms with Crippen LogP contribution in [0.3, 0.4) is 0 Å². The highest BCUT2D eigenvalue weighted by Gasteiger charge is 2.30. The van der Waals surface area contributed by atoms with Crippen LogP contribution in [0.2, 0.25) is 10.0 Å². The van der Waals surface area contributed by atoms with E-state index in [-0.39, 0.29) is 17.5 Å². The third kappa shape index (κ3) is 5.42. The molecule has 0 saturated carbocycles.